The van der Waals surface area contributed by atoms with Crippen molar-refractivity contribution in [1.29, 1.82) is 0 Å². The van der Waals surface area contributed by atoms with Gasteiger partial charge in [0.05, 0.1) is 4.90 Å². The highest BCUT2D eigenvalue weighted by atomic mass is 32.2. The molecule has 0 saturated carbocycles. The first kappa shape index (κ1) is 15.0. The third-order valence-corrected chi connectivity index (χ3v) is 3.76. The molecule has 18 heavy (non-hydrogen) atoms. The first-order valence-electron chi connectivity index (χ1n) is 6.14. The van der Waals surface area contributed by atoms with E-state index in [9.17, 15) is 8.42 Å². The van der Waals surface area contributed by atoms with Crippen molar-refractivity contribution < 1.29 is 13.2 Å². The molecular weight excluding hydrogens is 250 g/mol. The van der Waals surface area contributed by atoms with Gasteiger partial charge in [-0.1, -0.05) is 13.8 Å². The van der Waals surface area contributed by atoms with Crippen molar-refractivity contribution in [1.82, 2.24) is 5.32 Å². The van der Waals surface area contributed by atoms with Crippen LogP contribution in [0, 0.1) is 0 Å². The second-order valence-corrected chi connectivity index (χ2v) is 6.22. The quantitative estimate of drug-likeness (QED) is 0.822. The lowest BCUT2D eigenvalue weighted by molar-refractivity contribution is 0.194. The highest BCUT2D eigenvalue weighted by Gasteiger charge is 2.09. The first-order valence-corrected chi connectivity index (χ1v) is 8.04. The largest absolute Gasteiger partial charge is 0.489 e. The summed E-state index contributed by atoms with van der Waals surface area (Å²) in [6.07, 6.45) is 2.21. The average Bonchev–Trinajstić information content (AvgIpc) is 2.34. The molecule has 0 spiro atoms. The van der Waals surface area contributed by atoms with Crippen LogP contribution in [0.5, 0.6) is 5.75 Å². The van der Waals surface area contributed by atoms with Crippen LogP contribution < -0.4 is 10.1 Å². The zero-order valence-corrected chi connectivity index (χ0v) is 12.0. The van der Waals surface area contributed by atoms with E-state index in [0.717, 1.165) is 19.5 Å². The second-order valence-electron chi connectivity index (χ2n) is 4.20. The monoisotopic (exact) mass is 271 g/mol. The van der Waals surface area contributed by atoms with Crippen LogP contribution in [-0.4, -0.2) is 33.9 Å². The molecule has 1 atom stereocenters. The van der Waals surface area contributed by atoms with E-state index in [1.54, 1.807) is 24.3 Å². The summed E-state index contributed by atoms with van der Waals surface area (Å²) < 4.78 is 28.4. The molecule has 0 fully saturated rings. The van der Waals surface area contributed by atoms with Gasteiger partial charge in [-0.2, -0.15) is 0 Å². The number of ether oxygens (including phenoxy) is 1. The van der Waals surface area contributed by atoms with Gasteiger partial charge in [0.25, 0.3) is 0 Å². The Hall–Kier alpha value is -1.07. The van der Waals surface area contributed by atoms with Crippen molar-refractivity contribution in [2.24, 2.45) is 0 Å². The third kappa shape index (κ3) is 4.66. The lowest BCUT2D eigenvalue weighted by Crippen LogP contribution is -2.30. The fourth-order valence-corrected chi connectivity index (χ4v) is 2.16. The van der Waals surface area contributed by atoms with Crippen molar-refractivity contribution in [3.63, 3.8) is 0 Å². The van der Waals surface area contributed by atoms with Crippen LogP contribution in [-0.2, 0) is 9.84 Å². The van der Waals surface area contributed by atoms with E-state index in [1.165, 1.54) is 6.26 Å². The molecule has 0 aliphatic carbocycles. The van der Waals surface area contributed by atoms with E-state index in [1.807, 2.05) is 6.92 Å². The number of sulfone groups is 1. The van der Waals surface area contributed by atoms with E-state index in [2.05, 4.69) is 12.2 Å². The van der Waals surface area contributed by atoms with E-state index in [-0.39, 0.29) is 6.10 Å². The van der Waals surface area contributed by atoms with Crippen LogP contribution in [0.2, 0.25) is 0 Å². The normalized spacial score (nSPS) is 13.3. The van der Waals surface area contributed by atoms with Gasteiger partial charge in [0.2, 0.25) is 0 Å². The summed E-state index contributed by atoms with van der Waals surface area (Å²) in [6, 6.07) is 6.55. The molecule has 0 aromatic heterocycles. The summed E-state index contributed by atoms with van der Waals surface area (Å²) in [4.78, 5) is 0.314. The molecule has 4 nitrogen and oxygen atoms in total. The van der Waals surface area contributed by atoms with E-state index in [0.29, 0.717) is 10.6 Å². The predicted octanol–water partition coefficient (Wildman–Crippen LogP) is 1.86. The van der Waals surface area contributed by atoms with Crippen molar-refractivity contribution in [2.45, 2.75) is 31.3 Å². The molecule has 1 aromatic rings. The first-order chi connectivity index (χ1) is 8.47. The fourth-order valence-electron chi connectivity index (χ4n) is 1.53. The lowest BCUT2D eigenvalue weighted by atomic mass is 10.2. The maximum atomic E-state index is 11.3. The second kappa shape index (κ2) is 6.75. The minimum atomic E-state index is -3.14. The van der Waals surface area contributed by atoms with E-state index in [4.69, 9.17) is 4.74 Å². The highest BCUT2D eigenvalue weighted by Crippen LogP contribution is 2.17. The zero-order valence-electron chi connectivity index (χ0n) is 11.1. The molecule has 0 bridgehead atoms. The molecule has 5 heteroatoms. The molecule has 1 aromatic carbocycles. The topological polar surface area (TPSA) is 55.4 Å². The molecule has 1 N–H and O–H groups in total. The summed E-state index contributed by atoms with van der Waals surface area (Å²) in [5, 5.41) is 3.23. The maximum absolute atomic E-state index is 11.3. The minimum absolute atomic E-state index is 0.106. The molecule has 0 aliphatic heterocycles. The Labute approximate surface area is 109 Å². The van der Waals surface area contributed by atoms with Gasteiger partial charge in [-0.15, -0.1) is 0 Å². The fraction of sp³-hybridized carbons (Fsp3) is 0.538. The summed E-state index contributed by atoms with van der Waals surface area (Å²) in [5.74, 6) is 0.701. The van der Waals surface area contributed by atoms with Crippen LogP contribution in [0.1, 0.15) is 20.3 Å². The molecular formula is C13H21NO3S. The van der Waals surface area contributed by atoms with Gasteiger partial charge in [-0.05, 0) is 37.2 Å². The molecule has 0 heterocycles. The Morgan fingerprint density at radius 3 is 2.28 bits per heavy atom. The third-order valence-electron chi connectivity index (χ3n) is 2.63. The summed E-state index contributed by atoms with van der Waals surface area (Å²) in [5.41, 5.74) is 0. The highest BCUT2D eigenvalue weighted by molar-refractivity contribution is 7.90. The van der Waals surface area contributed by atoms with Gasteiger partial charge >= 0.3 is 0 Å². The number of hydrogen-bond acceptors (Lipinski definition) is 4. The number of benzene rings is 1. The molecule has 102 valence electrons. The Balaban J connectivity index is 2.68. The average molecular weight is 271 g/mol. The van der Waals surface area contributed by atoms with Gasteiger partial charge in [-0.25, -0.2) is 8.42 Å². The lowest BCUT2D eigenvalue weighted by Gasteiger charge is -2.17. The zero-order chi connectivity index (χ0) is 13.6. The van der Waals surface area contributed by atoms with Gasteiger partial charge < -0.3 is 10.1 Å². The van der Waals surface area contributed by atoms with Crippen LogP contribution in [0.3, 0.4) is 0 Å². The van der Waals surface area contributed by atoms with Crippen LogP contribution in [0.15, 0.2) is 29.2 Å². The predicted molar refractivity (Wildman–Crippen MR) is 72.8 cm³/mol. The van der Waals surface area contributed by atoms with Crippen LogP contribution >= 0.6 is 0 Å². The van der Waals surface area contributed by atoms with Crippen molar-refractivity contribution in [3.8, 4) is 5.75 Å². The summed E-state index contributed by atoms with van der Waals surface area (Å²) in [6.45, 7) is 5.81. The standard InChI is InChI=1S/C13H21NO3S/c1-4-11(10-14-5-2)17-12-6-8-13(9-7-12)18(3,15)16/h6-9,11,14H,4-5,10H2,1-3H3. The number of hydrogen-bond donors (Lipinski definition) is 1. The SMILES string of the molecule is CCNCC(CC)Oc1ccc(S(C)(=O)=O)cc1. The maximum Gasteiger partial charge on any atom is 0.175 e. The Bertz CT molecular complexity index is 454. The Kier molecular flexibility index (Phi) is 5.62. The smallest absolute Gasteiger partial charge is 0.175 e. The Morgan fingerprint density at radius 2 is 1.83 bits per heavy atom. The van der Waals surface area contributed by atoms with E-state index >= 15 is 0 Å². The molecule has 1 unspecified atom stereocenters. The number of rotatable bonds is 7. The van der Waals surface area contributed by atoms with Crippen molar-refractivity contribution >= 4 is 9.84 Å². The van der Waals surface area contributed by atoms with Crippen molar-refractivity contribution in [3.05, 3.63) is 24.3 Å². The number of nitrogens with one attached hydrogen (secondary N) is 1. The molecule has 0 saturated heterocycles. The summed E-state index contributed by atoms with van der Waals surface area (Å²) in [7, 11) is -3.14. The van der Waals surface area contributed by atoms with Gasteiger partial charge in [-0.3, -0.25) is 0 Å². The van der Waals surface area contributed by atoms with Crippen LogP contribution in [0.25, 0.3) is 0 Å². The number of likely N-dealkylation sites (N-methyl/N-ethyl adjacent to an activating group) is 1. The van der Waals surface area contributed by atoms with Gasteiger partial charge in [0, 0.05) is 12.8 Å². The Morgan fingerprint density at radius 1 is 1.22 bits per heavy atom. The molecule has 0 amide bonds. The van der Waals surface area contributed by atoms with E-state index < -0.39 is 9.84 Å². The van der Waals surface area contributed by atoms with Crippen LogP contribution in [0.4, 0.5) is 0 Å². The van der Waals surface area contributed by atoms with Gasteiger partial charge in [0.15, 0.2) is 9.84 Å². The van der Waals surface area contributed by atoms with Crippen molar-refractivity contribution in [2.75, 3.05) is 19.3 Å². The van der Waals surface area contributed by atoms with Gasteiger partial charge in [0.1, 0.15) is 11.9 Å². The summed E-state index contributed by atoms with van der Waals surface area (Å²) >= 11 is 0. The molecule has 0 aliphatic rings. The minimum Gasteiger partial charge on any atom is -0.489 e. The molecule has 1 rings (SSSR count). The molecule has 0 radical (unpaired) electrons.